The third-order valence-corrected chi connectivity index (χ3v) is 8.50. The summed E-state index contributed by atoms with van der Waals surface area (Å²) in [6, 6.07) is 35.4. The van der Waals surface area contributed by atoms with Crippen LogP contribution in [0, 0.1) is 51.8 Å². The first-order valence-corrected chi connectivity index (χ1v) is 16.9. The zero-order valence-corrected chi connectivity index (χ0v) is 32.1. The molecule has 0 aliphatic carbocycles. The van der Waals surface area contributed by atoms with Gasteiger partial charge in [0.2, 0.25) is 0 Å². The summed E-state index contributed by atoms with van der Waals surface area (Å²) >= 11 is 0. The molecule has 3 aromatic heterocycles. The zero-order chi connectivity index (χ0) is 51.6. The van der Waals surface area contributed by atoms with Gasteiger partial charge in [-0.25, -0.2) is 0 Å². The Balaban J connectivity index is 0.000000261. The van der Waals surface area contributed by atoms with Gasteiger partial charge >= 0.3 is 0 Å². The van der Waals surface area contributed by atoms with Crippen LogP contribution >= 0.6 is 0 Å². The van der Waals surface area contributed by atoms with Crippen molar-refractivity contribution in [1.82, 2.24) is 9.97 Å². The number of hydrogen-bond donors (Lipinski definition) is 0. The second kappa shape index (κ2) is 16.1. The van der Waals surface area contributed by atoms with Crippen molar-refractivity contribution in [3.05, 3.63) is 167 Å². The van der Waals surface area contributed by atoms with Crippen molar-refractivity contribution < 1.29 is 47.8 Å². The van der Waals surface area contributed by atoms with Crippen molar-refractivity contribution in [2.45, 2.75) is 61.4 Å². The molecular weight excluding hydrogens is 837 g/mol. The Morgan fingerprint density at radius 3 is 2.20 bits per heavy atom. The van der Waals surface area contributed by atoms with Gasteiger partial charge in [0.25, 0.3) is 0 Å². The summed E-state index contributed by atoms with van der Waals surface area (Å²) in [5.74, 6) is 0. The van der Waals surface area contributed by atoms with E-state index in [1.54, 1.807) is 51.1 Å². The molecule has 0 unspecified atom stereocenters. The monoisotopic (exact) mass is 900 g/mol. The van der Waals surface area contributed by atoms with Crippen molar-refractivity contribution >= 4 is 21.9 Å². The molecule has 273 valence electrons. The van der Waals surface area contributed by atoms with Gasteiger partial charge < -0.3 is 14.4 Å². The number of furan rings is 1. The number of fused-ring (bicyclic) bond motifs is 3. The van der Waals surface area contributed by atoms with Crippen LogP contribution in [0.1, 0.15) is 77.5 Å². The van der Waals surface area contributed by atoms with E-state index < -0.39 is 46.0 Å². The second-order valence-corrected chi connectivity index (χ2v) is 13.6. The summed E-state index contributed by atoms with van der Waals surface area (Å²) in [5.41, 5.74) is 3.54. The molecule has 0 aliphatic rings. The number of aromatic nitrogens is 2. The number of rotatable bonds is 5. The summed E-state index contributed by atoms with van der Waals surface area (Å²) in [5, 5.41) is 1.35. The maximum Gasteiger partial charge on any atom is 0.121 e. The molecule has 0 atom stereocenters. The molecule has 0 spiro atoms. The van der Waals surface area contributed by atoms with Gasteiger partial charge in [-0.2, -0.15) is 0 Å². The predicted octanol–water partition coefficient (Wildman–Crippen LogP) is 13.5. The van der Waals surface area contributed by atoms with Crippen LogP contribution in [-0.4, -0.2) is 9.97 Å². The fraction of sp³-hybridized carbons (Fsp3) is 0.200. The van der Waals surface area contributed by atoms with Gasteiger partial charge in [-0.3, -0.25) is 0 Å². The maximum atomic E-state index is 8.69. The van der Waals surface area contributed by atoms with Gasteiger partial charge in [0, 0.05) is 61.2 Å². The van der Waals surface area contributed by atoms with E-state index in [4.69, 9.17) is 27.7 Å². The Morgan fingerprint density at radius 2 is 1.46 bits per heavy atom. The predicted molar refractivity (Wildman–Crippen MR) is 222 cm³/mol. The average molecular weight is 900 g/mol. The minimum Gasteiger partial charge on any atom is -0.501 e. The molecule has 4 heteroatoms. The molecule has 54 heavy (non-hydrogen) atoms. The van der Waals surface area contributed by atoms with Gasteiger partial charge in [-0.15, -0.1) is 47.5 Å². The number of aryl methyl sites for hydroxylation is 5. The molecule has 3 nitrogen and oxygen atoms in total. The van der Waals surface area contributed by atoms with E-state index in [-0.39, 0.29) is 70.3 Å². The van der Waals surface area contributed by atoms with Crippen LogP contribution in [0.5, 0.6) is 0 Å². The Kier molecular flexibility index (Phi) is 6.63. The van der Waals surface area contributed by atoms with Crippen LogP contribution in [-0.2, 0) is 26.5 Å². The smallest absolute Gasteiger partial charge is 0.121 e. The van der Waals surface area contributed by atoms with Crippen LogP contribution in [0.3, 0.4) is 0 Å². The van der Waals surface area contributed by atoms with E-state index in [0.717, 1.165) is 5.56 Å². The van der Waals surface area contributed by atoms with Crippen molar-refractivity contribution in [2.24, 2.45) is 5.41 Å². The van der Waals surface area contributed by atoms with Crippen molar-refractivity contribution in [3.63, 3.8) is 0 Å². The maximum absolute atomic E-state index is 8.69. The summed E-state index contributed by atoms with van der Waals surface area (Å²) in [4.78, 5) is 8.63. The molecule has 0 saturated heterocycles. The van der Waals surface area contributed by atoms with E-state index in [1.807, 2.05) is 30.3 Å². The molecule has 0 fully saturated rings. The van der Waals surface area contributed by atoms with Crippen molar-refractivity contribution in [3.8, 4) is 44.8 Å². The van der Waals surface area contributed by atoms with Gasteiger partial charge in [-0.1, -0.05) is 123 Å². The van der Waals surface area contributed by atoms with Gasteiger partial charge in [0.15, 0.2) is 0 Å². The van der Waals surface area contributed by atoms with Crippen molar-refractivity contribution in [2.75, 3.05) is 0 Å². The third-order valence-electron chi connectivity index (χ3n) is 8.50. The standard InChI is InChI=1S/C31H30NO.C19H16N.Ir/c1-19-10-12-24-25-8-7-9-26(30(25)33-29(24)14-19)28-16-27(21(3)18-32-28)23-13-11-22(15-20(23)2)17-31(4,5)6;1-14-8-11-19(20-13-14)17-10-9-15(2)18(12-17)16-6-4-3-5-7-16;/h7-8,10-16,18H,17H2,1-6H3;3-9,11-13H,1-2H3;/q2*-1;/i1D3,2D3,3D3,17D2;1D3,2D3;. The zero-order valence-electron chi connectivity index (χ0n) is 46.7. The molecule has 0 N–H and O–H groups in total. The number of hydrogen-bond acceptors (Lipinski definition) is 3. The molecule has 8 aromatic rings. The molecule has 0 saturated carbocycles. The average Bonchev–Trinajstić information content (AvgIpc) is 3.65. The molecule has 8 rings (SSSR count). The van der Waals surface area contributed by atoms with Gasteiger partial charge in [0.1, 0.15) is 5.58 Å². The third kappa shape index (κ3) is 8.47. The molecule has 0 aliphatic heterocycles. The van der Waals surface area contributed by atoms with E-state index in [9.17, 15) is 0 Å². The minimum absolute atomic E-state index is 0. The molecular formula is C50H46IrN2O-2. The minimum atomic E-state index is -2.69. The first-order valence-electron chi connectivity index (χ1n) is 25.4. The summed E-state index contributed by atoms with van der Waals surface area (Å²) < 4.78 is 142. The fourth-order valence-corrected chi connectivity index (χ4v) is 6.09. The molecule has 3 heterocycles. The first kappa shape index (κ1) is 22.3. The number of nitrogens with zero attached hydrogens (tertiary/aromatic N) is 2. The Labute approximate surface area is 357 Å². The number of pyridine rings is 2. The van der Waals surface area contributed by atoms with Crippen LogP contribution in [0.2, 0.25) is 0 Å². The SMILES string of the molecule is [2H]C([2H])([2H])c1ccc(-c2[c-]cc(C([2H])([2H])[2H])c(-c3ccccc3)c2)nc1.[2H]C([2H])([2H])c1ccc2c(c1)oc1c(-c3cc(-c4ccc(C([2H])([2H])C(C)(C)C)cc4C([2H])([2H])[2H])c(C([2H])([2H])[2H])cn3)[c-]ccc12.[Ir]. The van der Waals surface area contributed by atoms with E-state index in [2.05, 4.69) is 22.1 Å². The summed E-state index contributed by atoms with van der Waals surface area (Å²) in [7, 11) is 0. The molecule has 5 aromatic carbocycles. The Morgan fingerprint density at radius 1 is 0.667 bits per heavy atom. The van der Waals surface area contributed by atoms with Crippen LogP contribution in [0.25, 0.3) is 66.7 Å². The normalized spacial score (nSPS) is 17.4. The van der Waals surface area contributed by atoms with Crippen LogP contribution in [0.15, 0.2) is 126 Å². The summed E-state index contributed by atoms with van der Waals surface area (Å²) in [6.45, 7) is -6.99. The molecule has 0 amide bonds. The van der Waals surface area contributed by atoms with Crippen LogP contribution in [0.4, 0.5) is 0 Å². The Hall–Kier alpha value is -5.15. The second-order valence-electron chi connectivity index (χ2n) is 13.6. The van der Waals surface area contributed by atoms with E-state index in [1.165, 1.54) is 60.9 Å². The van der Waals surface area contributed by atoms with Crippen molar-refractivity contribution in [1.29, 1.82) is 0 Å². The quantitative estimate of drug-likeness (QED) is 0.162. The van der Waals surface area contributed by atoms with E-state index >= 15 is 0 Å². The van der Waals surface area contributed by atoms with E-state index in [0.29, 0.717) is 44.3 Å². The summed E-state index contributed by atoms with van der Waals surface area (Å²) in [6.07, 6.45) is 0.620. The van der Waals surface area contributed by atoms with Gasteiger partial charge in [-0.05, 0) is 101 Å². The molecule has 1 radical (unpaired) electrons. The largest absolute Gasteiger partial charge is 0.501 e. The first-order chi connectivity index (χ1) is 32.3. The van der Waals surface area contributed by atoms with Crippen LogP contribution < -0.4 is 0 Å². The topological polar surface area (TPSA) is 38.9 Å². The number of benzene rings is 5. The fourth-order valence-electron chi connectivity index (χ4n) is 6.09. The van der Waals surface area contributed by atoms with Gasteiger partial charge in [0.05, 0.1) is 5.58 Å². The Bertz CT molecular complexity index is 3200. The molecule has 0 bridgehead atoms.